The second-order valence-corrected chi connectivity index (χ2v) is 6.42. The van der Waals surface area contributed by atoms with Crippen molar-refractivity contribution in [1.29, 1.82) is 0 Å². The lowest BCUT2D eigenvalue weighted by atomic mass is 10.1. The molecule has 5 nitrogen and oxygen atoms in total. The van der Waals surface area contributed by atoms with Crippen molar-refractivity contribution in [3.05, 3.63) is 42.4 Å². The van der Waals surface area contributed by atoms with Crippen molar-refractivity contribution in [1.82, 2.24) is 15.0 Å². The Kier molecular flexibility index (Phi) is 3.52. The first kappa shape index (κ1) is 15.7. The monoisotopic (exact) mass is 341 g/mol. The van der Waals surface area contributed by atoms with E-state index in [0.29, 0.717) is 11.6 Å². The number of rotatable bonds is 4. The third kappa shape index (κ3) is 2.97. The number of halogens is 2. The van der Waals surface area contributed by atoms with Crippen LogP contribution in [0.25, 0.3) is 22.0 Å². The molecular formula is C18H17F2N5. The summed E-state index contributed by atoms with van der Waals surface area (Å²) in [6.07, 6.45) is 5.03. The van der Waals surface area contributed by atoms with E-state index in [9.17, 15) is 8.78 Å². The van der Waals surface area contributed by atoms with Gasteiger partial charge in [-0.1, -0.05) is 0 Å². The minimum Gasteiger partial charge on any atom is -0.383 e. The smallest absolute Gasteiger partial charge is 0.253 e. The van der Waals surface area contributed by atoms with Crippen molar-refractivity contribution < 1.29 is 8.78 Å². The van der Waals surface area contributed by atoms with Crippen LogP contribution in [0.4, 0.5) is 20.4 Å². The molecule has 7 heteroatoms. The number of hydrogen-bond donors (Lipinski definition) is 2. The summed E-state index contributed by atoms with van der Waals surface area (Å²) in [7, 11) is 0. The molecule has 0 bridgehead atoms. The van der Waals surface area contributed by atoms with Crippen LogP contribution in [0.15, 0.2) is 36.8 Å². The zero-order valence-electron chi connectivity index (χ0n) is 13.6. The number of nitrogen functional groups attached to an aromatic ring is 1. The Bertz CT molecular complexity index is 957. The van der Waals surface area contributed by atoms with Gasteiger partial charge >= 0.3 is 0 Å². The van der Waals surface area contributed by atoms with Crippen LogP contribution in [0.1, 0.15) is 12.0 Å². The number of hydrogen-bond acceptors (Lipinski definition) is 5. The first-order valence-corrected chi connectivity index (χ1v) is 8.03. The van der Waals surface area contributed by atoms with E-state index in [-0.39, 0.29) is 13.0 Å². The molecule has 0 aromatic carbocycles. The fraction of sp³-hybridized carbons (Fsp3) is 0.278. The molecule has 0 aliphatic heterocycles. The molecule has 1 fully saturated rings. The zero-order valence-corrected chi connectivity index (χ0v) is 13.6. The van der Waals surface area contributed by atoms with Crippen molar-refractivity contribution in [3.63, 3.8) is 0 Å². The summed E-state index contributed by atoms with van der Waals surface area (Å²) < 4.78 is 26.0. The van der Waals surface area contributed by atoms with Crippen LogP contribution >= 0.6 is 0 Å². The standard InChI is InChI=1S/C18H17F2N5/c1-10-2-3-22-8-13(10)15-4-11-5-16(23-7-12-6-18(12,19)20)24-9-14(11)17(21)25-15/h2-5,8-9,12H,6-7H2,1H3,(H2,21,25)(H,23,24). The summed E-state index contributed by atoms with van der Waals surface area (Å²) in [5.74, 6) is -2.22. The van der Waals surface area contributed by atoms with Gasteiger partial charge in [0.05, 0.1) is 5.69 Å². The van der Waals surface area contributed by atoms with Gasteiger partial charge in [-0.05, 0) is 36.1 Å². The van der Waals surface area contributed by atoms with Crippen molar-refractivity contribution >= 4 is 22.4 Å². The van der Waals surface area contributed by atoms with E-state index in [1.807, 2.05) is 25.1 Å². The van der Waals surface area contributed by atoms with Crippen molar-refractivity contribution in [2.24, 2.45) is 5.92 Å². The molecule has 25 heavy (non-hydrogen) atoms. The van der Waals surface area contributed by atoms with Crippen LogP contribution in [0, 0.1) is 12.8 Å². The molecule has 3 heterocycles. The highest BCUT2D eigenvalue weighted by molar-refractivity contribution is 5.94. The van der Waals surface area contributed by atoms with E-state index in [0.717, 1.165) is 27.6 Å². The fourth-order valence-corrected chi connectivity index (χ4v) is 2.86. The van der Waals surface area contributed by atoms with Gasteiger partial charge in [0.25, 0.3) is 5.92 Å². The Morgan fingerprint density at radius 3 is 2.84 bits per heavy atom. The number of aromatic nitrogens is 3. The van der Waals surface area contributed by atoms with E-state index in [4.69, 9.17) is 5.73 Å². The molecule has 0 radical (unpaired) electrons. The molecule has 3 aromatic rings. The molecule has 0 saturated heterocycles. The van der Waals surface area contributed by atoms with E-state index in [1.54, 1.807) is 18.6 Å². The number of alkyl halides is 2. The first-order chi connectivity index (χ1) is 11.9. The van der Waals surface area contributed by atoms with Gasteiger partial charge in [-0.3, -0.25) is 4.98 Å². The van der Waals surface area contributed by atoms with Crippen LogP contribution in [0.2, 0.25) is 0 Å². The molecule has 0 spiro atoms. The predicted molar refractivity (Wildman–Crippen MR) is 93.5 cm³/mol. The summed E-state index contributed by atoms with van der Waals surface area (Å²) in [4.78, 5) is 12.8. The van der Waals surface area contributed by atoms with E-state index in [1.165, 1.54) is 0 Å². The van der Waals surface area contributed by atoms with Crippen molar-refractivity contribution in [3.8, 4) is 11.3 Å². The number of pyridine rings is 3. The van der Waals surface area contributed by atoms with Gasteiger partial charge in [-0.25, -0.2) is 18.7 Å². The number of nitrogens with two attached hydrogens (primary N) is 1. The van der Waals surface area contributed by atoms with Crippen LogP contribution < -0.4 is 11.1 Å². The average molecular weight is 341 g/mol. The summed E-state index contributed by atoms with van der Waals surface area (Å²) in [6, 6.07) is 5.63. The predicted octanol–water partition coefficient (Wildman–Crippen LogP) is 3.65. The van der Waals surface area contributed by atoms with Crippen LogP contribution in [-0.2, 0) is 0 Å². The minimum atomic E-state index is -2.54. The third-order valence-corrected chi connectivity index (χ3v) is 4.55. The molecule has 1 atom stereocenters. The Balaban J connectivity index is 1.67. The van der Waals surface area contributed by atoms with E-state index < -0.39 is 11.8 Å². The Hall–Kier alpha value is -2.83. The molecule has 3 N–H and O–H groups in total. The van der Waals surface area contributed by atoms with E-state index in [2.05, 4.69) is 20.3 Å². The molecule has 1 aliphatic rings. The maximum atomic E-state index is 13.0. The van der Waals surface area contributed by atoms with Gasteiger partial charge in [-0.2, -0.15) is 0 Å². The lowest BCUT2D eigenvalue weighted by Gasteiger charge is -2.10. The largest absolute Gasteiger partial charge is 0.383 e. The summed E-state index contributed by atoms with van der Waals surface area (Å²) in [6.45, 7) is 2.19. The highest BCUT2D eigenvalue weighted by Crippen LogP contribution is 2.48. The van der Waals surface area contributed by atoms with Gasteiger partial charge in [-0.15, -0.1) is 0 Å². The molecule has 4 rings (SSSR count). The Morgan fingerprint density at radius 1 is 1.32 bits per heavy atom. The van der Waals surface area contributed by atoms with Gasteiger partial charge < -0.3 is 11.1 Å². The molecule has 128 valence electrons. The zero-order chi connectivity index (χ0) is 17.6. The van der Waals surface area contributed by atoms with Crippen LogP contribution in [0.3, 0.4) is 0 Å². The maximum absolute atomic E-state index is 13.0. The highest BCUT2D eigenvalue weighted by atomic mass is 19.3. The minimum absolute atomic E-state index is 0.0606. The normalized spacial score (nSPS) is 18.3. The number of nitrogens with zero attached hydrogens (tertiary/aromatic N) is 3. The van der Waals surface area contributed by atoms with Gasteiger partial charge in [0.1, 0.15) is 11.6 Å². The molecule has 1 unspecified atom stereocenters. The Morgan fingerprint density at radius 2 is 2.12 bits per heavy atom. The first-order valence-electron chi connectivity index (χ1n) is 8.03. The number of anilines is 2. The van der Waals surface area contributed by atoms with Crippen molar-refractivity contribution in [2.45, 2.75) is 19.3 Å². The van der Waals surface area contributed by atoms with Gasteiger partial charge in [0, 0.05) is 48.4 Å². The lowest BCUT2D eigenvalue weighted by molar-refractivity contribution is 0.101. The quantitative estimate of drug-likeness (QED) is 0.757. The average Bonchev–Trinajstić information content (AvgIpc) is 3.20. The maximum Gasteiger partial charge on any atom is 0.253 e. The molecule has 1 aliphatic carbocycles. The second-order valence-electron chi connectivity index (χ2n) is 6.42. The van der Waals surface area contributed by atoms with Crippen LogP contribution in [0.5, 0.6) is 0 Å². The molecular weight excluding hydrogens is 324 g/mol. The lowest BCUT2D eigenvalue weighted by Crippen LogP contribution is -2.09. The molecule has 3 aromatic heterocycles. The van der Waals surface area contributed by atoms with E-state index >= 15 is 0 Å². The Labute approximate surface area is 143 Å². The van der Waals surface area contributed by atoms with Gasteiger partial charge in [0.2, 0.25) is 0 Å². The number of fused-ring (bicyclic) bond motifs is 1. The number of aryl methyl sites for hydroxylation is 1. The van der Waals surface area contributed by atoms with Crippen molar-refractivity contribution in [2.75, 3.05) is 17.6 Å². The SMILES string of the molecule is Cc1ccncc1-c1cc2cc(NCC3CC3(F)F)ncc2c(N)n1. The topological polar surface area (TPSA) is 76.7 Å². The molecule has 1 saturated carbocycles. The molecule has 0 amide bonds. The van der Waals surface area contributed by atoms with Crippen LogP contribution in [-0.4, -0.2) is 27.4 Å². The number of nitrogens with one attached hydrogen (secondary N) is 1. The fourth-order valence-electron chi connectivity index (χ4n) is 2.86. The third-order valence-electron chi connectivity index (χ3n) is 4.55. The summed E-state index contributed by atoms with van der Waals surface area (Å²) in [5, 5.41) is 4.56. The second kappa shape index (κ2) is 5.61. The highest BCUT2D eigenvalue weighted by Gasteiger charge is 2.56. The summed E-state index contributed by atoms with van der Waals surface area (Å²) in [5.41, 5.74) is 8.74. The van der Waals surface area contributed by atoms with Gasteiger partial charge in [0.15, 0.2) is 0 Å². The summed E-state index contributed by atoms with van der Waals surface area (Å²) >= 11 is 0.